The Bertz CT molecular complexity index is 901. The van der Waals surface area contributed by atoms with Crippen molar-refractivity contribution in [2.45, 2.75) is 25.3 Å². The van der Waals surface area contributed by atoms with E-state index in [-0.39, 0.29) is 0 Å². The molecule has 7 nitrogen and oxygen atoms in total. The average Bonchev–Trinajstić information content (AvgIpc) is 3.14. The third-order valence-corrected chi connectivity index (χ3v) is 5.20. The molecule has 1 aliphatic heterocycles. The number of likely N-dealkylation sites (tertiary alicyclic amines) is 1. The molecule has 0 bridgehead atoms. The predicted molar refractivity (Wildman–Crippen MR) is 106 cm³/mol. The topological polar surface area (TPSA) is 65.3 Å². The van der Waals surface area contributed by atoms with Gasteiger partial charge >= 0.3 is 0 Å². The first-order valence-electron chi connectivity index (χ1n) is 9.53. The van der Waals surface area contributed by atoms with Crippen molar-refractivity contribution >= 4 is 0 Å². The van der Waals surface area contributed by atoms with Gasteiger partial charge in [0, 0.05) is 31.6 Å². The average molecular weight is 379 g/mol. The van der Waals surface area contributed by atoms with Crippen LogP contribution >= 0.6 is 0 Å². The highest BCUT2D eigenvalue weighted by atomic mass is 16.5. The van der Waals surface area contributed by atoms with Gasteiger partial charge in [-0.2, -0.15) is 0 Å². The molecule has 146 valence electrons. The summed E-state index contributed by atoms with van der Waals surface area (Å²) >= 11 is 0. The fraction of sp³-hybridized carbons (Fsp3) is 0.381. The molecule has 1 fully saturated rings. The van der Waals surface area contributed by atoms with Crippen LogP contribution in [0.3, 0.4) is 0 Å². The van der Waals surface area contributed by atoms with Crippen molar-refractivity contribution < 1.29 is 9.47 Å². The number of hydrogen-bond donors (Lipinski definition) is 0. The molecule has 0 amide bonds. The number of rotatable bonds is 6. The van der Waals surface area contributed by atoms with Gasteiger partial charge in [0.1, 0.15) is 17.3 Å². The quantitative estimate of drug-likeness (QED) is 0.654. The van der Waals surface area contributed by atoms with Crippen LogP contribution in [-0.2, 0) is 13.6 Å². The van der Waals surface area contributed by atoms with E-state index >= 15 is 0 Å². The van der Waals surface area contributed by atoms with E-state index in [1.54, 1.807) is 13.3 Å². The lowest BCUT2D eigenvalue weighted by Crippen LogP contribution is -2.33. The summed E-state index contributed by atoms with van der Waals surface area (Å²) in [6.07, 6.45) is 9.48. The maximum absolute atomic E-state index is 5.86. The zero-order valence-electron chi connectivity index (χ0n) is 16.3. The van der Waals surface area contributed by atoms with Gasteiger partial charge in [0.2, 0.25) is 5.88 Å². The minimum absolute atomic E-state index is 0.407. The number of hydrogen-bond acceptors (Lipinski definition) is 6. The lowest BCUT2D eigenvalue weighted by atomic mass is 9.94. The van der Waals surface area contributed by atoms with Crippen molar-refractivity contribution in [2.75, 3.05) is 20.2 Å². The summed E-state index contributed by atoms with van der Waals surface area (Å²) in [5, 5.41) is 0. The van der Waals surface area contributed by atoms with Gasteiger partial charge in [-0.3, -0.25) is 9.88 Å². The first kappa shape index (κ1) is 18.4. The summed E-state index contributed by atoms with van der Waals surface area (Å²) in [5.74, 6) is 3.55. The molecule has 4 rings (SSSR count). The van der Waals surface area contributed by atoms with Crippen LogP contribution in [0.1, 0.15) is 30.3 Å². The van der Waals surface area contributed by atoms with Gasteiger partial charge in [-0.25, -0.2) is 9.97 Å². The maximum atomic E-state index is 5.86. The zero-order valence-corrected chi connectivity index (χ0v) is 16.3. The molecule has 3 heterocycles. The van der Waals surface area contributed by atoms with Gasteiger partial charge in [-0.1, -0.05) is 0 Å². The second-order valence-corrected chi connectivity index (χ2v) is 7.06. The monoisotopic (exact) mass is 379 g/mol. The largest absolute Gasteiger partial charge is 0.497 e. The smallest absolute Gasteiger partial charge is 0.238 e. The molecule has 28 heavy (non-hydrogen) atoms. The lowest BCUT2D eigenvalue weighted by molar-refractivity contribution is 0.197. The van der Waals surface area contributed by atoms with E-state index in [2.05, 4.69) is 19.4 Å². The highest BCUT2D eigenvalue weighted by molar-refractivity contribution is 5.33. The third-order valence-electron chi connectivity index (χ3n) is 5.20. The number of aromatic nitrogens is 4. The molecule has 0 radical (unpaired) electrons. The maximum Gasteiger partial charge on any atom is 0.238 e. The molecule has 0 saturated carbocycles. The Balaban J connectivity index is 1.36. The highest BCUT2D eigenvalue weighted by Gasteiger charge is 2.23. The van der Waals surface area contributed by atoms with Crippen LogP contribution in [0, 0.1) is 0 Å². The van der Waals surface area contributed by atoms with Crippen LogP contribution in [-0.4, -0.2) is 44.6 Å². The van der Waals surface area contributed by atoms with E-state index in [1.165, 1.54) is 0 Å². The molecular formula is C21H25N5O2. The molecule has 2 aromatic heterocycles. The molecule has 1 aliphatic rings. The fourth-order valence-corrected chi connectivity index (χ4v) is 3.51. The Labute approximate surface area is 165 Å². The minimum Gasteiger partial charge on any atom is -0.497 e. The second kappa shape index (κ2) is 8.39. The predicted octanol–water partition coefficient (Wildman–Crippen LogP) is 3.39. The molecule has 0 spiro atoms. The molecule has 0 atom stereocenters. The van der Waals surface area contributed by atoms with Crippen LogP contribution < -0.4 is 9.47 Å². The summed E-state index contributed by atoms with van der Waals surface area (Å²) in [6.45, 7) is 2.95. The Kier molecular flexibility index (Phi) is 5.53. The molecule has 3 aromatic rings. The lowest BCUT2D eigenvalue weighted by Gasteiger charge is -2.31. The van der Waals surface area contributed by atoms with Gasteiger partial charge < -0.3 is 14.0 Å². The Hall–Kier alpha value is -2.93. The van der Waals surface area contributed by atoms with Crippen molar-refractivity contribution in [3.63, 3.8) is 0 Å². The standard InChI is InChI=1S/C21H25N5O2/c1-25-12-9-23-20(25)15-26-10-7-16(8-11-26)19-13-22-14-21(24-19)28-18-5-3-17(27-2)4-6-18/h3-6,9,12-14,16H,7-8,10-11,15H2,1-2H3. The molecule has 1 saturated heterocycles. The zero-order chi connectivity index (χ0) is 19.3. The van der Waals surface area contributed by atoms with Crippen LogP contribution in [0.5, 0.6) is 17.4 Å². The number of nitrogens with zero attached hydrogens (tertiary/aromatic N) is 5. The number of piperidine rings is 1. The van der Waals surface area contributed by atoms with E-state index < -0.39 is 0 Å². The van der Waals surface area contributed by atoms with Crippen LogP contribution in [0.2, 0.25) is 0 Å². The number of benzene rings is 1. The SMILES string of the molecule is COc1ccc(Oc2cncc(C3CCN(Cc4nccn4C)CC3)n2)cc1. The number of methoxy groups -OCH3 is 1. The molecule has 0 N–H and O–H groups in total. The van der Waals surface area contributed by atoms with Crippen LogP contribution in [0.15, 0.2) is 49.1 Å². The Morgan fingerprint density at radius 3 is 2.50 bits per heavy atom. The number of aryl methyl sites for hydroxylation is 1. The van der Waals surface area contributed by atoms with E-state index in [0.717, 1.165) is 55.5 Å². The number of ether oxygens (including phenoxy) is 2. The highest BCUT2D eigenvalue weighted by Crippen LogP contribution is 2.29. The van der Waals surface area contributed by atoms with Crippen molar-refractivity contribution in [1.82, 2.24) is 24.4 Å². The Morgan fingerprint density at radius 1 is 1.07 bits per heavy atom. The van der Waals surface area contributed by atoms with Crippen molar-refractivity contribution in [3.05, 3.63) is 60.6 Å². The first-order valence-corrected chi connectivity index (χ1v) is 9.53. The van der Waals surface area contributed by atoms with Crippen molar-refractivity contribution in [2.24, 2.45) is 7.05 Å². The van der Waals surface area contributed by atoms with Crippen LogP contribution in [0.25, 0.3) is 0 Å². The summed E-state index contributed by atoms with van der Waals surface area (Å²) in [6, 6.07) is 7.46. The number of imidazole rings is 1. The normalized spacial score (nSPS) is 15.5. The molecule has 1 aromatic carbocycles. The molecule has 7 heteroatoms. The van der Waals surface area contributed by atoms with Gasteiger partial charge in [0.15, 0.2) is 0 Å². The van der Waals surface area contributed by atoms with E-state index in [1.807, 2.05) is 49.9 Å². The second-order valence-electron chi connectivity index (χ2n) is 7.06. The van der Waals surface area contributed by atoms with Crippen molar-refractivity contribution in [3.8, 4) is 17.4 Å². The van der Waals surface area contributed by atoms with Gasteiger partial charge in [-0.15, -0.1) is 0 Å². The van der Waals surface area contributed by atoms with Crippen LogP contribution in [0.4, 0.5) is 0 Å². The van der Waals surface area contributed by atoms with Gasteiger partial charge in [0.25, 0.3) is 0 Å². The summed E-state index contributed by atoms with van der Waals surface area (Å²) in [7, 11) is 3.69. The van der Waals surface area contributed by atoms with E-state index in [9.17, 15) is 0 Å². The van der Waals surface area contributed by atoms with Gasteiger partial charge in [-0.05, 0) is 50.2 Å². The molecule has 0 unspecified atom stereocenters. The summed E-state index contributed by atoms with van der Waals surface area (Å²) < 4.78 is 13.1. The molecular weight excluding hydrogens is 354 g/mol. The minimum atomic E-state index is 0.407. The van der Waals surface area contributed by atoms with E-state index in [0.29, 0.717) is 11.8 Å². The van der Waals surface area contributed by atoms with Crippen molar-refractivity contribution in [1.29, 1.82) is 0 Å². The molecule has 0 aliphatic carbocycles. The first-order chi connectivity index (χ1) is 13.7. The summed E-state index contributed by atoms with van der Waals surface area (Å²) in [5.41, 5.74) is 1.00. The van der Waals surface area contributed by atoms with E-state index in [4.69, 9.17) is 14.5 Å². The van der Waals surface area contributed by atoms with Gasteiger partial charge in [0.05, 0.1) is 25.5 Å². The fourth-order valence-electron chi connectivity index (χ4n) is 3.51. The third kappa shape index (κ3) is 4.31. The Morgan fingerprint density at radius 2 is 1.82 bits per heavy atom. The summed E-state index contributed by atoms with van der Waals surface area (Å²) in [4.78, 5) is 15.9.